The van der Waals surface area contributed by atoms with Crippen molar-refractivity contribution in [1.29, 1.82) is 0 Å². The quantitative estimate of drug-likeness (QED) is 0.663. The predicted molar refractivity (Wildman–Crippen MR) is 95.3 cm³/mol. The molecule has 2 heteroatoms. The van der Waals surface area contributed by atoms with E-state index in [-0.39, 0.29) is 0 Å². The highest BCUT2D eigenvalue weighted by Gasteiger charge is 2.09. The highest BCUT2D eigenvalue weighted by molar-refractivity contribution is 8.32. The van der Waals surface area contributed by atoms with E-state index in [1.54, 1.807) is 0 Å². The molecule has 1 nitrogen and oxygen atoms in total. The summed E-state index contributed by atoms with van der Waals surface area (Å²) in [5.41, 5.74) is 1.28. The Hall–Kier alpha value is -1.67. The first-order valence-electron chi connectivity index (χ1n) is 6.85. The average molecular weight is 283 g/mol. The maximum absolute atomic E-state index is 3.71. The number of anilines is 1. The van der Waals surface area contributed by atoms with Gasteiger partial charge >= 0.3 is 0 Å². The van der Waals surface area contributed by atoms with Gasteiger partial charge < -0.3 is 5.32 Å². The lowest BCUT2D eigenvalue weighted by Crippen LogP contribution is -2.09. The Morgan fingerprint density at radius 3 is 1.80 bits per heavy atom. The number of hydrogen-bond donors (Lipinski definition) is 1. The van der Waals surface area contributed by atoms with Gasteiger partial charge in [-0.1, -0.05) is 48.5 Å². The molecule has 0 fully saturated rings. The van der Waals surface area contributed by atoms with Gasteiger partial charge in [-0.15, -0.1) is 0 Å². The molecule has 0 saturated heterocycles. The molecular formula is C18H21NS. The van der Waals surface area contributed by atoms with Crippen LogP contribution in [-0.2, 0) is 0 Å². The number of rotatable bonds is 3. The second-order valence-corrected chi connectivity index (χ2v) is 10.6. The topological polar surface area (TPSA) is 12.0 Å². The van der Waals surface area contributed by atoms with Crippen LogP contribution in [0.1, 0.15) is 0 Å². The predicted octanol–water partition coefficient (Wildman–Crippen LogP) is 5.06. The summed E-state index contributed by atoms with van der Waals surface area (Å²) in [6, 6.07) is 19.5. The maximum atomic E-state index is 3.71. The molecule has 0 aliphatic rings. The van der Waals surface area contributed by atoms with Crippen LogP contribution in [0.15, 0.2) is 54.6 Å². The fourth-order valence-electron chi connectivity index (χ4n) is 2.49. The summed E-state index contributed by atoms with van der Waals surface area (Å²) in [6.45, 7) is 0. The second kappa shape index (κ2) is 5.02. The van der Waals surface area contributed by atoms with E-state index >= 15 is 0 Å². The van der Waals surface area contributed by atoms with E-state index < -0.39 is 10.0 Å². The van der Waals surface area contributed by atoms with Crippen LogP contribution < -0.4 is 5.32 Å². The Balaban J connectivity index is 2.22. The fraction of sp³-hybridized carbons (Fsp3) is 0.222. The number of hydrogen-bond acceptors (Lipinski definition) is 1. The number of fused-ring (bicyclic) bond motifs is 2. The van der Waals surface area contributed by atoms with Crippen molar-refractivity contribution in [3.8, 4) is 0 Å². The Morgan fingerprint density at radius 2 is 1.30 bits per heavy atom. The highest BCUT2D eigenvalue weighted by atomic mass is 32.3. The summed E-state index contributed by atoms with van der Waals surface area (Å²) < 4.78 is 0. The fourth-order valence-corrected chi connectivity index (χ4v) is 3.07. The van der Waals surface area contributed by atoms with Gasteiger partial charge in [0.25, 0.3) is 0 Å². The number of benzene rings is 3. The zero-order valence-electron chi connectivity index (χ0n) is 12.3. The molecule has 0 aliphatic carbocycles. The molecule has 0 unspecified atom stereocenters. The molecule has 0 radical (unpaired) electrons. The second-order valence-electron chi connectivity index (χ2n) is 6.11. The lowest BCUT2D eigenvalue weighted by Gasteiger charge is -2.27. The molecule has 0 aliphatic heterocycles. The van der Waals surface area contributed by atoms with Crippen molar-refractivity contribution < 1.29 is 0 Å². The minimum Gasteiger partial charge on any atom is -0.376 e. The zero-order chi connectivity index (χ0) is 14.2. The molecule has 3 rings (SSSR count). The van der Waals surface area contributed by atoms with Crippen LogP contribution >= 0.6 is 10.0 Å². The van der Waals surface area contributed by atoms with Gasteiger partial charge in [0.15, 0.2) is 0 Å². The summed E-state index contributed by atoms with van der Waals surface area (Å²) in [6.07, 6.45) is 7.02. The van der Waals surface area contributed by atoms with Gasteiger partial charge in [-0.05, 0) is 35.6 Å². The Bertz CT molecular complexity index is 702. The van der Waals surface area contributed by atoms with E-state index in [1.807, 2.05) is 0 Å². The first-order chi connectivity index (χ1) is 9.54. The van der Waals surface area contributed by atoms with Crippen molar-refractivity contribution in [2.45, 2.75) is 0 Å². The summed E-state index contributed by atoms with van der Waals surface area (Å²) >= 11 is 0. The minimum atomic E-state index is -0.571. The van der Waals surface area contributed by atoms with Gasteiger partial charge in [-0.3, -0.25) is 0 Å². The van der Waals surface area contributed by atoms with E-state index in [0.29, 0.717) is 0 Å². The third-order valence-electron chi connectivity index (χ3n) is 3.45. The van der Waals surface area contributed by atoms with Crippen LogP contribution in [0, 0.1) is 0 Å². The SMILES string of the molecule is CS(C)(C)CNc1c2ccccc2cc2ccccc12. The average Bonchev–Trinajstić information content (AvgIpc) is 2.42. The van der Waals surface area contributed by atoms with E-state index in [2.05, 4.69) is 78.7 Å². The normalized spacial score (nSPS) is 12.8. The van der Waals surface area contributed by atoms with Gasteiger partial charge in [-0.25, -0.2) is 10.0 Å². The van der Waals surface area contributed by atoms with Crippen LogP contribution in [-0.4, -0.2) is 24.6 Å². The summed E-state index contributed by atoms with van der Waals surface area (Å²) in [4.78, 5) is 0. The summed E-state index contributed by atoms with van der Waals surface area (Å²) in [7, 11) is -0.571. The minimum absolute atomic E-state index is 0.571. The highest BCUT2D eigenvalue weighted by Crippen LogP contribution is 2.38. The van der Waals surface area contributed by atoms with Gasteiger partial charge in [0.1, 0.15) is 0 Å². The lowest BCUT2D eigenvalue weighted by atomic mass is 10.0. The summed E-state index contributed by atoms with van der Waals surface area (Å²) in [5.74, 6) is 1.05. The molecule has 3 aromatic rings. The van der Waals surface area contributed by atoms with Crippen LogP contribution in [0.25, 0.3) is 21.5 Å². The molecule has 0 saturated carbocycles. The van der Waals surface area contributed by atoms with E-state index in [4.69, 9.17) is 0 Å². The van der Waals surface area contributed by atoms with E-state index in [0.717, 1.165) is 5.88 Å². The molecule has 0 heterocycles. The molecule has 0 spiro atoms. The van der Waals surface area contributed by atoms with Crippen molar-refractivity contribution in [3.05, 3.63) is 54.6 Å². The Morgan fingerprint density at radius 1 is 0.800 bits per heavy atom. The van der Waals surface area contributed by atoms with Crippen molar-refractivity contribution in [3.63, 3.8) is 0 Å². The first kappa shape index (κ1) is 13.3. The van der Waals surface area contributed by atoms with Crippen LogP contribution in [0.2, 0.25) is 0 Å². The largest absolute Gasteiger partial charge is 0.376 e. The molecule has 1 N–H and O–H groups in total. The zero-order valence-corrected chi connectivity index (χ0v) is 13.1. The van der Waals surface area contributed by atoms with Gasteiger partial charge in [0, 0.05) is 16.6 Å². The maximum Gasteiger partial charge on any atom is 0.0505 e. The van der Waals surface area contributed by atoms with Gasteiger partial charge in [0.05, 0.1) is 5.69 Å². The molecular weight excluding hydrogens is 262 g/mol. The molecule has 0 atom stereocenters. The lowest BCUT2D eigenvalue weighted by molar-refractivity contribution is 1.48. The molecule has 20 heavy (non-hydrogen) atoms. The van der Waals surface area contributed by atoms with E-state index in [9.17, 15) is 0 Å². The van der Waals surface area contributed by atoms with Gasteiger partial charge in [-0.2, -0.15) is 0 Å². The molecule has 0 aromatic heterocycles. The van der Waals surface area contributed by atoms with Gasteiger partial charge in [0.2, 0.25) is 0 Å². The third-order valence-corrected chi connectivity index (χ3v) is 4.46. The smallest absolute Gasteiger partial charge is 0.0505 e. The molecule has 0 bridgehead atoms. The number of nitrogens with one attached hydrogen (secondary N) is 1. The molecule has 3 aromatic carbocycles. The molecule has 104 valence electrons. The third kappa shape index (κ3) is 2.61. The monoisotopic (exact) mass is 283 g/mol. The Kier molecular flexibility index (Phi) is 3.35. The molecule has 0 amide bonds. The first-order valence-corrected chi connectivity index (χ1v) is 9.88. The van der Waals surface area contributed by atoms with Crippen LogP contribution in [0.4, 0.5) is 5.69 Å². The van der Waals surface area contributed by atoms with Crippen molar-refractivity contribution >= 4 is 37.3 Å². The van der Waals surface area contributed by atoms with Crippen molar-refractivity contribution in [2.75, 3.05) is 30.0 Å². The standard InChI is InChI=1S/C18H21NS/c1-20(2,3)13-19-18-16-10-6-4-8-14(16)12-15-9-5-7-11-17(15)18/h4-12,19H,13H2,1-3H3. The van der Waals surface area contributed by atoms with Crippen molar-refractivity contribution in [2.24, 2.45) is 0 Å². The summed E-state index contributed by atoms with van der Waals surface area (Å²) in [5, 5.41) is 8.94. The Labute approximate surface area is 122 Å². The van der Waals surface area contributed by atoms with Crippen LogP contribution in [0.5, 0.6) is 0 Å². The van der Waals surface area contributed by atoms with Crippen molar-refractivity contribution in [1.82, 2.24) is 0 Å². The van der Waals surface area contributed by atoms with Crippen LogP contribution in [0.3, 0.4) is 0 Å². The van der Waals surface area contributed by atoms with E-state index in [1.165, 1.54) is 27.2 Å².